The van der Waals surface area contributed by atoms with E-state index < -0.39 is 24.5 Å². The molecule has 2 aromatic rings. The zero-order valence-corrected chi connectivity index (χ0v) is 14.0. The molecule has 0 aliphatic carbocycles. The summed E-state index contributed by atoms with van der Waals surface area (Å²) in [6, 6.07) is 12.2. The van der Waals surface area contributed by atoms with E-state index in [-0.39, 0.29) is 0 Å². The second-order valence-corrected chi connectivity index (χ2v) is 5.16. The van der Waals surface area contributed by atoms with Crippen molar-refractivity contribution in [3.05, 3.63) is 54.1 Å². The number of ether oxygens (including phenoxy) is 2. The van der Waals surface area contributed by atoms with Gasteiger partial charge in [-0.2, -0.15) is 0 Å². The Labute approximate surface area is 145 Å². The number of carbonyl (C=O) groups is 2. The van der Waals surface area contributed by atoms with Crippen molar-refractivity contribution in [3.63, 3.8) is 0 Å². The van der Waals surface area contributed by atoms with Gasteiger partial charge in [0.1, 0.15) is 17.5 Å². The maximum Gasteiger partial charge on any atom is 0.252 e. The summed E-state index contributed by atoms with van der Waals surface area (Å²) in [5, 5.41) is 14.6. The van der Waals surface area contributed by atoms with Crippen molar-refractivity contribution in [3.8, 4) is 11.5 Å². The number of amides is 2. The van der Waals surface area contributed by atoms with Crippen molar-refractivity contribution in [1.29, 1.82) is 0 Å². The van der Waals surface area contributed by atoms with Gasteiger partial charge in [-0.05, 0) is 30.3 Å². The number of anilines is 1. The van der Waals surface area contributed by atoms with Crippen LogP contribution in [-0.2, 0) is 4.79 Å². The van der Waals surface area contributed by atoms with Crippen molar-refractivity contribution in [2.45, 2.75) is 6.04 Å². The summed E-state index contributed by atoms with van der Waals surface area (Å²) in [7, 11) is 3.01. The molecule has 2 rings (SSSR count). The van der Waals surface area contributed by atoms with Gasteiger partial charge in [0.15, 0.2) is 0 Å². The number of aliphatic hydroxyl groups excluding tert-OH is 1. The Morgan fingerprint density at radius 2 is 1.68 bits per heavy atom. The maximum atomic E-state index is 12.3. The summed E-state index contributed by atoms with van der Waals surface area (Å²) in [5.41, 5.74) is 0.824. The Kier molecular flexibility index (Phi) is 6.36. The van der Waals surface area contributed by atoms with Gasteiger partial charge in [-0.3, -0.25) is 9.59 Å². The average Bonchev–Trinajstić information content (AvgIpc) is 2.65. The summed E-state index contributed by atoms with van der Waals surface area (Å²) >= 11 is 0. The van der Waals surface area contributed by atoms with Crippen LogP contribution in [0.2, 0.25) is 0 Å². The molecule has 0 saturated heterocycles. The Morgan fingerprint density at radius 1 is 1.04 bits per heavy atom. The summed E-state index contributed by atoms with van der Waals surface area (Å²) in [4.78, 5) is 24.5. The molecule has 0 aliphatic rings. The highest BCUT2D eigenvalue weighted by atomic mass is 16.5. The quantitative estimate of drug-likeness (QED) is 0.706. The van der Waals surface area contributed by atoms with Crippen molar-refractivity contribution in [2.75, 3.05) is 26.1 Å². The van der Waals surface area contributed by atoms with Crippen LogP contribution in [0.1, 0.15) is 10.4 Å². The predicted molar refractivity (Wildman–Crippen MR) is 93.0 cm³/mol. The van der Waals surface area contributed by atoms with E-state index in [1.165, 1.54) is 14.2 Å². The fourth-order valence-corrected chi connectivity index (χ4v) is 2.13. The van der Waals surface area contributed by atoms with Gasteiger partial charge in [0.05, 0.1) is 20.8 Å². The van der Waals surface area contributed by atoms with Crippen LogP contribution in [0.15, 0.2) is 48.5 Å². The van der Waals surface area contributed by atoms with Crippen LogP contribution in [0.3, 0.4) is 0 Å². The van der Waals surface area contributed by atoms with E-state index >= 15 is 0 Å². The van der Waals surface area contributed by atoms with Crippen molar-refractivity contribution in [2.24, 2.45) is 0 Å². The SMILES string of the molecule is COc1cccc(NC(=O)C(CO)NC(=O)c2cccc(OC)c2)c1. The van der Waals surface area contributed by atoms with Crippen LogP contribution in [0.25, 0.3) is 0 Å². The molecule has 0 heterocycles. The molecule has 7 heteroatoms. The Hall–Kier alpha value is -3.06. The Morgan fingerprint density at radius 3 is 2.32 bits per heavy atom. The van der Waals surface area contributed by atoms with E-state index in [0.29, 0.717) is 22.7 Å². The molecule has 1 unspecified atom stereocenters. The third-order valence-electron chi connectivity index (χ3n) is 3.47. The molecule has 0 bridgehead atoms. The molecular weight excluding hydrogens is 324 g/mol. The smallest absolute Gasteiger partial charge is 0.252 e. The molecule has 0 aliphatic heterocycles. The molecule has 2 amide bonds. The number of benzene rings is 2. The number of rotatable bonds is 7. The molecule has 2 aromatic carbocycles. The lowest BCUT2D eigenvalue weighted by Crippen LogP contribution is -2.46. The lowest BCUT2D eigenvalue weighted by molar-refractivity contribution is -0.118. The molecular formula is C18H20N2O5. The molecule has 0 radical (unpaired) electrons. The van der Waals surface area contributed by atoms with Crippen LogP contribution in [0.5, 0.6) is 11.5 Å². The summed E-state index contributed by atoms with van der Waals surface area (Å²) in [6.45, 7) is -0.536. The fraction of sp³-hybridized carbons (Fsp3) is 0.222. The topological polar surface area (TPSA) is 96.9 Å². The van der Waals surface area contributed by atoms with Crippen LogP contribution in [0.4, 0.5) is 5.69 Å². The zero-order valence-electron chi connectivity index (χ0n) is 14.0. The van der Waals surface area contributed by atoms with E-state index in [2.05, 4.69) is 10.6 Å². The first-order chi connectivity index (χ1) is 12.1. The minimum Gasteiger partial charge on any atom is -0.497 e. The number of carbonyl (C=O) groups excluding carboxylic acids is 2. The van der Waals surface area contributed by atoms with Crippen LogP contribution >= 0.6 is 0 Å². The van der Waals surface area contributed by atoms with Gasteiger partial charge in [-0.1, -0.05) is 12.1 Å². The van der Waals surface area contributed by atoms with Gasteiger partial charge >= 0.3 is 0 Å². The molecule has 0 saturated carbocycles. The Balaban J connectivity index is 2.05. The molecule has 1 atom stereocenters. The maximum absolute atomic E-state index is 12.3. The minimum absolute atomic E-state index is 0.326. The number of hydrogen-bond acceptors (Lipinski definition) is 5. The number of methoxy groups -OCH3 is 2. The van der Waals surface area contributed by atoms with Crippen molar-refractivity contribution < 1.29 is 24.2 Å². The van der Waals surface area contributed by atoms with E-state index in [0.717, 1.165) is 0 Å². The second kappa shape index (κ2) is 8.70. The van der Waals surface area contributed by atoms with Gasteiger partial charge in [0.25, 0.3) is 5.91 Å². The van der Waals surface area contributed by atoms with E-state index in [4.69, 9.17) is 9.47 Å². The average molecular weight is 344 g/mol. The van der Waals surface area contributed by atoms with Gasteiger partial charge < -0.3 is 25.2 Å². The van der Waals surface area contributed by atoms with Gasteiger partial charge in [-0.25, -0.2) is 0 Å². The van der Waals surface area contributed by atoms with Crippen LogP contribution in [-0.4, -0.2) is 43.8 Å². The molecule has 25 heavy (non-hydrogen) atoms. The fourth-order valence-electron chi connectivity index (χ4n) is 2.13. The standard InChI is InChI=1S/C18H20N2O5/c1-24-14-7-3-5-12(9-14)17(22)20-16(11-21)18(23)19-13-6-4-8-15(10-13)25-2/h3-10,16,21H,11H2,1-2H3,(H,19,23)(H,20,22). The van der Waals surface area contributed by atoms with Crippen molar-refractivity contribution >= 4 is 17.5 Å². The highest BCUT2D eigenvalue weighted by Gasteiger charge is 2.21. The number of hydrogen-bond donors (Lipinski definition) is 3. The van der Waals surface area contributed by atoms with Crippen LogP contribution < -0.4 is 20.1 Å². The predicted octanol–water partition coefficient (Wildman–Crippen LogP) is 1.43. The summed E-state index contributed by atoms with van der Waals surface area (Å²) in [6.07, 6.45) is 0. The molecule has 132 valence electrons. The first-order valence-electron chi connectivity index (χ1n) is 7.58. The largest absolute Gasteiger partial charge is 0.497 e. The molecule has 3 N–H and O–H groups in total. The lowest BCUT2D eigenvalue weighted by atomic mass is 10.1. The first kappa shape index (κ1) is 18.3. The molecule has 0 aromatic heterocycles. The van der Waals surface area contributed by atoms with E-state index in [1.807, 2.05) is 0 Å². The van der Waals surface area contributed by atoms with Gasteiger partial charge in [0.2, 0.25) is 5.91 Å². The zero-order chi connectivity index (χ0) is 18.2. The minimum atomic E-state index is -1.09. The third kappa shape index (κ3) is 4.95. The monoisotopic (exact) mass is 344 g/mol. The number of nitrogens with one attached hydrogen (secondary N) is 2. The number of aliphatic hydroxyl groups is 1. The molecule has 0 fully saturated rings. The highest BCUT2D eigenvalue weighted by Crippen LogP contribution is 2.17. The third-order valence-corrected chi connectivity index (χ3v) is 3.47. The normalized spacial score (nSPS) is 11.3. The highest BCUT2D eigenvalue weighted by molar-refractivity contribution is 6.01. The van der Waals surface area contributed by atoms with Gasteiger partial charge in [-0.15, -0.1) is 0 Å². The van der Waals surface area contributed by atoms with E-state index in [9.17, 15) is 14.7 Å². The van der Waals surface area contributed by atoms with Crippen LogP contribution in [0, 0.1) is 0 Å². The van der Waals surface area contributed by atoms with Gasteiger partial charge in [0, 0.05) is 17.3 Å². The second-order valence-electron chi connectivity index (χ2n) is 5.16. The lowest BCUT2D eigenvalue weighted by Gasteiger charge is -2.16. The summed E-state index contributed by atoms with van der Waals surface area (Å²) < 4.78 is 10.1. The van der Waals surface area contributed by atoms with Crippen molar-refractivity contribution in [1.82, 2.24) is 5.32 Å². The molecule has 7 nitrogen and oxygen atoms in total. The summed E-state index contributed by atoms with van der Waals surface area (Å²) in [5.74, 6) is 0.0820. The van der Waals surface area contributed by atoms with E-state index in [1.54, 1.807) is 48.5 Å². The Bertz CT molecular complexity index is 748. The molecule has 0 spiro atoms. The first-order valence-corrected chi connectivity index (χ1v) is 7.58.